The molecule has 8 heteroatoms. The molecule has 2 rings (SSSR count). The predicted octanol–water partition coefficient (Wildman–Crippen LogP) is 0.715. The summed E-state index contributed by atoms with van der Waals surface area (Å²) < 4.78 is 26.5. The van der Waals surface area contributed by atoms with Gasteiger partial charge in [-0.25, -0.2) is 13.6 Å². The molecule has 2 aromatic rings. The summed E-state index contributed by atoms with van der Waals surface area (Å²) in [6.45, 7) is 0. The fourth-order valence-electron chi connectivity index (χ4n) is 1.50. The highest BCUT2D eigenvalue weighted by molar-refractivity contribution is 7.88. The molecule has 3 N–H and O–H groups in total. The number of benzene rings is 1. The van der Waals surface area contributed by atoms with E-state index in [9.17, 15) is 13.2 Å². The maximum absolute atomic E-state index is 11.7. The molecule has 0 spiro atoms. The van der Waals surface area contributed by atoms with Crippen molar-refractivity contribution in [3.8, 4) is 0 Å². The van der Waals surface area contributed by atoms with E-state index in [2.05, 4.69) is 15.0 Å². The molecule has 0 bridgehead atoms. The Labute approximate surface area is 109 Å². The molecule has 1 aromatic heterocycles. The van der Waals surface area contributed by atoms with Crippen LogP contribution in [0.4, 0.5) is 5.69 Å². The number of rotatable bonds is 4. The minimum Gasteiger partial charge on any atom is -0.364 e. The van der Waals surface area contributed by atoms with Crippen molar-refractivity contribution >= 4 is 21.6 Å². The Kier molecular flexibility index (Phi) is 3.63. The van der Waals surface area contributed by atoms with Crippen molar-refractivity contribution in [1.29, 1.82) is 0 Å². The normalized spacial score (nSPS) is 11.2. The van der Waals surface area contributed by atoms with E-state index in [1.165, 1.54) is 18.4 Å². The van der Waals surface area contributed by atoms with Gasteiger partial charge < -0.3 is 9.84 Å². The molecule has 1 amide bonds. The van der Waals surface area contributed by atoms with Crippen LogP contribution < -0.4 is 10.5 Å². The maximum Gasteiger partial charge on any atom is 0.277 e. The number of hydrogen-bond acceptors (Lipinski definition) is 5. The zero-order chi connectivity index (χ0) is 13.9. The van der Waals surface area contributed by atoms with Crippen molar-refractivity contribution < 1.29 is 17.7 Å². The van der Waals surface area contributed by atoms with Gasteiger partial charge in [-0.1, -0.05) is 17.3 Å². The van der Waals surface area contributed by atoms with Crippen molar-refractivity contribution in [2.24, 2.45) is 5.14 Å². The maximum atomic E-state index is 11.7. The van der Waals surface area contributed by atoms with Crippen LogP contribution in [0.3, 0.4) is 0 Å². The molecule has 1 aromatic carbocycles. The van der Waals surface area contributed by atoms with Crippen molar-refractivity contribution in [2.45, 2.75) is 5.75 Å². The predicted molar refractivity (Wildman–Crippen MR) is 67.7 cm³/mol. The molecule has 0 radical (unpaired) electrons. The number of aromatic nitrogens is 1. The van der Waals surface area contributed by atoms with Gasteiger partial charge in [-0.15, -0.1) is 0 Å². The molecular formula is C11H11N3O4S. The molecule has 0 aliphatic carbocycles. The highest BCUT2D eigenvalue weighted by Crippen LogP contribution is 2.13. The SMILES string of the molecule is NS(=O)(=O)Cc1cccc(NC(=O)c2ccon2)c1. The standard InChI is InChI=1S/C11H11N3O4S/c12-19(16,17)7-8-2-1-3-9(6-8)13-11(15)10-4-5-18-14-10/h1-6H,7H2,(H,13,15)(H2,12,16,17). The first-order valence-electron chi connectivity index (χ1n) is 5.25. The van der Waals surface area contributed by atoms with Crippen LogP contribution in [0.25, 0.3) is 0 Å². The summed E-state index contributed by atoms with van der Waals surface area (Å²) in [6.07, 6.45) is 1.28. The summed E-state index contributed by atoms with van der Waals surface area (Å²) in [5.41, 5.74) is 1.08. The average Bonchev–Trinajstić information content (AvgIpc) is 2.80. The summed E-state index contributed by atoms with van der Waals surface area (Å²) in [6, 6.07) is 7.81. The molecule has 0 saturated carbocycles. The smallest absolute Gasteiger partial charge is 0.277 e. The summed E-state index contributed by atoms with van der Waals surface area (Å²) >= 11 is 0. The van der Waals surface area contributed by atoms with Gasteiger partial charge in [0.2, 0.25) is 10.0 Å². The first-order valence-corrected chi connectivity index (χ1v) is 6.97. The molecule has 7 nitrogen and oxygen atoms in total. The number of nitrogens with zero attached hydrogens (tertiary/aromatic N) is 1. The van der Waals surface area contributed by atoms with Gasteiger partial charge in [0.15, 0.2) is 5.69 Å². The Morgan fingerprint density at radius 2 is 2.16 bits per heavy atom. The van der Waals surface area contributed by atoms with Crippen LogP contribution in [0.5, 0.6) is 0 Å². The lowest BCUT2D eigenvalue weighted by Gasteiger charge is -2.05. The van der Waals surface area contributed by atoms with E-state index in [0.717, 1.165) is 0 Å². The van der Waals surface area contributed by atoms with E-state index in [4.69, 9.17) is 5.14 Å². The number of primary sulfonamides is 1. The number of amides is 1. The molecule has 19 heavy (non-hydrogen) atoms. The number of carbonyl (C=O) groups is 1. The highest BCUT2D eigenvalue weighted by Gasteiger charge is 2.10. The van der Waals surface area contributed by atoms with Crippen molar-refractivity contribution in [3.63, 3.8) is 0 Å². The number of anilines is 1. The van der Waals surface area contributed by atoms with Gasteiger partial charge in [-0.3, -0.25) is 4.79 Å². The first kappa shape index (κ1) is 13.2. The van der Waals surface area contributed by atoms with Gasteiger partial charge in [-0.05, 0) is 17.7 Å². The summed E-state index contributed by atoms with van der Waals surface area (Å²) in [5, 5.41) is 11.0. The molecule has 0 fully saturated rings. The zero-order valence-corrected chi connectivity index (χ0v) is 10.6. The zero-order valence-electron chi connectivity index (χ0n) is 9.74. The second kappa shape index (κ2) is 5.21. The molecule has 0 atom stereocenters. The van der Waals surface area contributed by atoms with E-state index >= 15 is 0 Å². The molecule has 100 valence electrons. The van der Waals surface area contributed by atoms with Crippen LogP contribution in [0.15, 0.2) is 41.1 Å². The average molecular weight is 281 g/mol. The van der Waals surface area contributed by atoms with E-state index in [1.54, 1.807) is 18.2 Å². The molecular weight excluding hydrogens is 270 g/mol. The number of hydrogen-bond donors (Lipinski definition) is 2. The number of sulfonamides is 1. The fourth-order valence-corrected chi connectivity index (χ4v) is 2.14. The van der Waals surface area contributed by atoms with Crippen molar-refractivity contribution in [1.82, 2.24) is 5.16 Å². The van der Waals surface area contributed by atoms with Crippen LogP contribution in [0.1, 0.15) is 16.1 Å². The largest absolute Gasteiger partial charge is 0.364 e. The van der Waals surface area contributed by atoms with E-state index in [-0.39, 0.29) is 11.4 Å². The minimum atomic E-state index is -3.61. The molecule has 0 aliphatic rings. The highest BCUT2D eigenvalue weighted by atomic mass is 32.2. The van der Waals surface area contributed by atoms with Crippen LogP contribution in [-0.2, 0) is 15.8 Å². The lowest BCUT2D eigenvalue weighted by Crippen LogP contribution is -2.15. The van der Waals surface area contributed by atoms with Gasteiger partial charge >= 0.3 is 0 Å². The second-order valence-corrected chi connectivity index (χ2v) is 5.46. The Balaban J connectivity index is 2.13. The third-order valence-corrected chi connectivity index (χ3v) is 2.96. The summed E-state index contributed by atoms with van der Waals surface area (Å²) in [4.78, 5) is 11.7. The van der Waals surface area contributed by atoms with Gasteiger partial charge in [-0.2, -0.15) is 0 Å². The van der Waals surface area contributed by atoms with Crippen LogP contribution >= 0.6 is 0 Å². The Bertz CT molecular complexity index is 680. The topological polar surface area (TPSA) is 115 Å². The van der Waals surface area contributed by atoms with E-state index in [1.807, 2.05) is 0 Å². The van der Waals surface area contributed by atoms with Gasteiger partial charge in [0, 0.05) is 11.8 Å². The second-order valence-electron chi connectivity index (χ2n) is 3.85. The van der Waals surface area contributed by atoms with Gasteiger partial charge in [0.25, 0.3) is 5.91 Å². The third-order valence-electron chi connectivity index (χ3n) is 2.22. The fraction of sp³-hybridized carbons (Fsp3) is 0.0909. The number of nitrogens with two attached hydrogens (primary N) is 1. The van der Waals surface area contributed by atoms with E-state index in [0.29, 0.717) is 11.3 Å². The Morgan fingerprint density at radius 1 is 1.37 bits per heavy atom. The molecule has 1 heterocycles. The quantitative estimate of drug-likeness (QED) is 0.856. The van der Waals surface area contributed by atoms with Gasteiger partial charge in [0.05, 0.1) is 5.75 Å². The van der Waals surface area contributed by atoms with Crippen LogP contribution in [0.2, 0.25) is 0 Å². The van der Waals surface area contributed by atoms with E-state index < -0.39 is 15.9 Å². The molecule has 0 saturated heterocycles. The lowest BCUT2D eigenvalue weighted by molar-refractivity contribution is 0.101. The Hall–Kier alpha value is -2.19. The lowest BCUT2D eigenvalue weighted by atomic mass is 10.2. The van der Waals surface area contributed by atoms with Crippen LogP contribution in [0, 0.1) is 0 Å². The molecule has 0 aliphatic heterocycles. The first-order chi connectivity index (χ1) is 8.94. The third kappa shape index (κ3) is 3.90. The van der Waals surface area contributed by atoms with Crippen molar-refractivity contribution in [2.75, 3.05) is 5.32 Å². The summed E-state index contributed by atoms with van der Waals surface area (Å²) in [7, 11) is -3.61. The van der Waals surface area contributed by atoms with Gasteiger partial charge in [0.1, 0.15) is 6.26 Å². The van der Waals surface area contributed by atoms with Crippen LogP contribution in [-0.4, -0.2) is 19.5 Å². The Morgan fingerprint density at radius 3 is 2.79 bits per heavy atom. The van der Waals surface area contributed by atoms with Crippen molar-refractivity contribution in [3.05, 3.63) is 47.9 Å². The molecule has 0 unspecified atom stereocenters. The summed E-state index contributed by atoms with van der Waals surface area (Å²) in [5.74, 6) is -0.734. The monoisotopic (exact) mass is 281 g/mol. The minimum absolute atomic E-state index is 0.136. The number of carbonyl (C=O) groups excluding carboxylic acids is 1. The number of nitrogens with one attached hydrogen (secondary N) is 1.